The number of carbonyl (C=O) groups is 2. The summed E-state index contributed by atoms with van der Waals surface area (Å²) in [6.07, 6.45) is 0. The molecule has 6 heteroatoms. The Morgan fingerprint density at radius 2 is 1.74 bits per heavy atom. The van der Waals surface area contributed by atoms with Crippen molar-refractivity contribution >= 4 is 29.4 Å². The van der Waals surface area contributed by atoms with E-state index in [1.807, 2.05) is 36.4 Å². The van der Waals surface area contributed by atoms with Crippen LogP contribution in [0.25, 0.3) is 0 Å². The summed E-state index contributed by atoms with van der Waals surface area (Å²) in [6.45, 7) is 0.0571. The van der Waals surface area contributed by atoms with E-state index in [9.17, 15) is 14.7 Å². The fraction of sp³-hybridized carbons (Fsp3) is 0.176. The van der Waals surface area contributed by atoms with Gasteiger partial charge in [0.2, 0.25) is 0 Å². The van der Waals surface area contributed by atoms with E-state index in [0.717, 1.165) is 10.5 Å². The molecule has 0 aliphatic heterocycles. The van der Waals surface area contributed by atoms with E-state index in [1.165, 1.54) is 11.8 Å². The number of benzene rings is 2. The van der Waals surface area contributed by atoms with Gasteiger partial charge in [-0.05, 0) is 17.7 Å². The summed E-state index contributed by atoms with van der Waals surface area (Å²) in [6, 6.07) is 16.2. The molecule has 1 unspecified atom stereocenters. The lowest BCUT2D eigenvalue weighted by atomic mass is 10.2. The molecule has 23 heavy (non-hydrogen) atoms. The van der Waals surface area contributed by atoms with Crippen LogP contribution in [-0.4, -0.2) is 22.8 Å². The Labute approximate surface area is 138 Å². The zero-order valence-corrected chi connectivity index (χ0v) is 13.2. The third kappa shape index (κ3) is 5.03. The average molecular weight is 331 g/mol. The van der Waals surface area contributed by atoms with Crippen LogP contribution in [0.2, 0.25) is 0 Å². The van der Waals surface area contributed by atoms with Crippen molar-refractivity contribution in [2.75, 3.05) is 11.5 Å². The lowest BCUT2D eigenvalue weighted by Crippen LogP contribution is -2.28. The minimum Gasteiger partial charge on any atom is -0.481 e. The molecule has 2 aromatic carbocycles. The summed E-state index contributed by atoms with van der Waals surface area (Å²) >= 11 is 1.23. The second-order valence-electron chi connectivity index (χ2n) is 4.83. The van der Waals surface area contributed by atoms with Gasteiger partial charge < -0.3 is 15.6 Å². The topological polar surface area (TPSA) is 89.6 Å². The first-order chi connectivity index (χ1) is 11.1. The minimum absolute atomic E-state index is 0.0571. The molecule has 0 heterocycles. The molecule has 1 atom stereocenters. The van der Waals surface area contributed by atoms with Gasteiger partial charge in [-0.15, -0.1) is 11.8 Å². The molecule has 0 fully saturated rings. The normalized spacial score (nSPS) is 11.7. The maximum absolute atomic E-state index is 12.0. The molecule has 0 aliphatic rings. The highest BCUT2D eigenvalue weighted by atomic mass is 32.2. The van der Waals surface area contributed by atoms with Crippen molar-refractivity contribution in [2.45, 2.75) is 11.5 Å². The molecule has 0 aromatic heterocycles. The van der Waals surface area contributed by atoms with E-state index in [0.29, 0.717) is 5.69 Å². The number of aliphatic carboxylic acids is 1. The molecule has 3 N–H and O–H groups in total. The second-order valence-corrected chi connectivity index (χ2v) is 5.89. The third-order valence-electron chi connectivity index (χ3n) is 3.13. The fourth-order valence-corrected chi connectivity index (χ4v) is 2.89. The van der Waals surface area contributed by atoms with Gasteiger partial charge in [-0.2, -0.15) is 0 Å². The van der Waals surface area contributed by atoms with Crippen molar-refractivity contribution < 1.29 is 19.4 Å². The second kappa shape index (κ2) is 8.24. The number of nitrogens with two attached hydrogens (primary N) is 1. The molecule has 0 aliphatic carbocycles. The lowest BCUT2D eigenvalue weighted by Gasteiger charge is -2.12. The summed E-state index contributed by atoms with van der Waals surface area (Å²) < 4.78 is 5.11. The predicted molar refractivity (Wildman–Crippen MR) is 88.9 cm³/mol. The van der Waals surface area contributed by atoms with Crippen LogP contribution in [0.15, 0.2) is 59.5 Å². The number of hydrogen-bond donors (Lipinski definition) is 2. The SMILES string of the molecule is Nc1ccccc1SCC(C(=O)O)C(=O)OCc1ccccc1. The first-order valence-corrected chi connectivity index (χ1v) is 7.97. The van der Waals surface area contributed by atoms with Gasteiger partial charge in [-0.1, -0.05) is 42.5 Å². The van der Waals surface area contributed by atoms with Gasteiger partial charge in [0.25, 0.3) is 0 Å². The van der Waals surface area contributed by atoms with Gasteiger partial charge in [0.1, 0.15) is 6.61 Å². The van der Waals surface area contributed by atoms with Crippen LogP contribution in [0.3, 0.4) is 0 Å². The van der Waals surface area contributed by atoms with Crippen LogP contribution in [-0.2, 0) is 20.9 Å². The van der Waals surface area contributed by atoms with Gasteiger partial charge in [0.05, 0.1) is 0 Å². The van der Waals surface area contributed by atoms with E-state index >= 15 is 0 Å². The van der Waals surface area contributed by atoms with Crippen LogP contribution in [0.5, 0.6) is 0 Å². The molecule has 0 bridgehead atoms. The van der Waals surface area contributed by atoms with Gasteiger partial charge >= 0.3 is 11.9 Å². The molecular formula is C17H17NO4S. The minimum atomic E-state index is -1.23. The van der Waals surface area contributed by atoms with E-state index in [2.05, 4.69) is 0 Å². The number of carboxylic acids is 1. The molecule has 120 valence electrons. The maximum atomic E-state index is 12.0. The van der Waals surface area contributed by atoms with E-state index < -0.39 is 17.9 Å². The Kier molecular flexibility index (Phi) is 6.05. The van der Waals surface area contributed by atoms with Gasteiger partial charge in [0.15, 0.2) is 5.92 Å². The highest BCUT2D eigenvalue weighted by Crippen LogP contribution is 2.26. The number of rotatable bonds is 7. The summed E-state index contributed by atoms with van der Waals surface area (Å²) in [7, 11) is 0. The number of para-hydroxylation sites is 1. The smallest absolute Gasteiger partial charge is 0.321 e. The van der Waals surface area contributed by atoms with Crippen molar-refractivity contribution in [3.63, 3.8) is 0 Å². The van der Waals surface area contributed by atoms with Crippen LogP contribution in [0.4, 0.5) is 5.69 Å². The molecule has 2 rings (SSSR count). The number of carboxylic acid groups (broad SMARTS) is 1. The highest BCUT2D eigenvalue weighted by molar-refractivity contribution is 7.99. The van der Waals surface area contributed by atoms with E-state index in [1.54, 1.807) is 18.2 Å². The molecule has 5 nitrogen and oxygen atoms in total. The number of nitrogen functional groups attached to an aromatic ring is 1. The monoisotopic (exact) mass is 331 g/mol. The summed E-state index contributed by atoms with van der Waals surface area (Å²) in [4.78, 5) is 24.1. The van der Waals surface area contributed by atoms with Gasteiger partial charge in [0, 0.05) is 16.3 Å². The maximum Gasteiger partial charge on any atom is 0.321 e. The highest BCUT2D eigenvalue weighted by Gasteiger charge is 2.28. The van der Waals surface area contributed by atoms with Crippen LogP contribution < -0.4 is 5.73 Å². The number of anilines is 1. The Bertz CT molecular complexity index is 675. The summed E-state index contributed by atoms with van der Waals surface area (Å²) in [5.74, 6) is -3.12. The van der Waals surface area contributed by atoms with Crippen molar-refractivity contribution in [3.8, 4) is 0 Å². The third-order valence-corrected chi connectivity index (χ3v) is 4.31. The molecule has 0 saturated heterocycles. The van der Waals surface area contributed by atoms with Gasteiger partial charge in [-0.3, -0.25) is 9.59 Å². The van der Waals surface area contributed by atoms with Crippen LogP contribution in [0, 0.1) is 5.92 Å². The lowest BCUT2D eigenvalue weighted by molar-refractivity contribution is -0.158. The average Bonchev–Trinajstić information content (AvgIpc) is 2.55. The molecule has 2 aromatic rings. The largest absolute Gasteiger partial charge is 0.481 e. The molecular weight excluding hydrogens is 314 g/mol. The zero-order chi connectivity index (χ0) is 16.7. The first kappa shape index (κ1) is 16.9. The quantitative estimate of drug-likeness (QED) is 0.351. The van der Waals surface area contributed by atoms with Crippen LogP contribution >= 0.6 is 11.8 Å². The molecule has 0 radical (unpaired) electrons. The van der Waals surface area contributed by atoms with Crippen molar-refractivity contribution in [1.82, 2.24) is 0 Å². The van der Waals surface area contributed by atoms with Crippen molar-refractivity contribution in [1.29, 1.82) is 0 Å². The number of ether oxygens (including phenoxy) is 1. The van der Waals surface area contributed by atoms with E-state index in [4.69, 9.17) is 10.5 Å². The number of hydrogen-bond acceptors (Lipinski definition) is 5. The standard InChI is InChI=1S/C17H17NO4S/c18-14-8-4-5-9-15(14)23-11-13(16(19)20)17(21)22-10-12-6-2-1-3-7-12/h1-9,13H,10-11,18H2,(H,19,20). The molecule has 0 saturated carbocycles. The zero-order valence-electron chi connectivity index (χ0n) is 12.3. The molecule has 0 spiro atoms. The summed E-state index contributed by atoms with van der Waals surface area (Å²) in [5, 5.41) is 9.24. The summed E-state index contributed by atoms with van der Waals surface area (Å²) in [5.41, 5.74) is 7.17. The first-order valence-electron chi connectivity index (χ1n) is 6.98. The van der Waals surface area contributed by atoms with Crippen molar-refractivity contribution in [2.24, 2.45) is 5.92 Å². The number of carbonyl (C=O) groups excluding carboxylic acids is 1. The van der Waals surface area contributed by atoms with E-state index in [-0.39, 0.29) is 12.4 Å². The van der Waals surface area contributed by atoms with Gasteiger partial charge in [-0.25, -0.2) is 0 Å². The fourth-order valence-electron chi connectivity index (χ4n) is 1.85. The Morgan fingerprint density at radius 1 is 1.09 bits per heavy atom. The Balaban J connectivity index is 1.94. The Morgan fingerprint density at radius 3 is 2.39 bits per heavy atom. The molecule has 0 amide bonds. The van der Waals surface area contributed by atoms with Crippen molar-refractivity contribution in [3.05, 3.63) is 60.2 Å². The Hall–Kier alpha value is -2.47. The predicted octanol–water partition coefficient (Wildman–Crippen LogP) is 2.81. The number of esters is 1. The number of thioether (sulfide) groups is 1. The van der Waals surface area contributed by atoms with Crippen LogP contribution in [0.1, 0.15) is 5.56 Å².